The van der Waals surface area contributed by atoms with Gasteiger partial charge in [0.15, 0.2) is 6.10 Å². The summed E-state index contributed by atoms with van der Waals surface area (Å²) in [7, 11) is 0. The molecule has 3 atom stereocenters. The highest BCUT2D eigenvalue weighted by Gasteiger charge is 2.41. The fraction of sp³-hybridized carbons (Fsp3) is 0.875. The Morgan fingerprint density at radius 3 is 2.50 bits per heavy atom. The van der Waals surface area contributed by atoms with Crippen LogP contribution < -0.4 is 5.32 Å². The molecule has 0 spiro atoms. The van der Waals surface area contributed by atoms with E-state index in [2.05, 4.69) is 5.32 Å². The summed E-state index contributed by atoms with van der Waals surface area (Å²) in [4.78, 5) is 11.1. The molecule has 1 fully saturated rings. The number of hydrogen-bond donors (Lipinski definition) is 2. The number of aliphatic hydroxyl groups is 1. The SMILES string of the molecule is CC1CC1C(=O)NCC(O)C(F)(F)F. The Morgan fingerprint density at radius 1 is 1.64 bits per heavy atom. The molecule has 1 rings (SSSR count). The van der Waals surface area contributed by atoms with Crippen molar-refractivity contribution in [2.24, 2.45) is 11.8 Å². The zero-order valence-corrected chi connectivity index (χ0v) is 7.64. The van der Waals surface area contributed by atoms with Crippen LogP contribution in [0.3, 0.4) is 0 Å². The highest BCUT2D eigenvalue weighted by Crippen LogP contribution is 2.37. The number of alkyl halides is 3. The number of amides is 1. The normalized spacial score (nSPS) is 28.4. The summed E-state index contributed by atoms with van der Waals surface area (Å²) in [6, 6.07) is 0. The van der Waals surface area contributed by atoms with Gasteiger partial charge in [-0.05, 0) is 12.3 Å². The minimum absolute atomic E-state index is 0.171. The first-order valence-electron chi connectivity index (χ1n) is 4.35. The fourth-order valence-electron chi connectivity index (χ4n) is 1.13. The molecule has 0 aromatic heterocycles. The summed E-state index contributed by atoms with van der Waals surface area (Å²) in [6.07, 6.45) is -6.42. The Morgan fingerprint density at radius 2 is 2.14 bits per heavy atom. The number of carbonyl (C=O) groups excluding carboxylic acids is 1. The second-order valence-electron chi connectivity index (χ2n) is 3.62. The van der Waals surface area contributed by atoms with Gasteiger partial charge in [0.2, 0.25) is 5.91 Å². The van der Waals surface area contributed by atoms with E-state index < -0.39 is 24.7 Å². The van der Waals surface area contributed by atoms with Crippen molar-refractivity contribution in [3.8, 4) is 0 Å². The van der Waals surface area contributed by atoms with Crippen LogP contribution in [0.1, 0.15) is 13.3 Å². The largest absolute Gasteiger partial charge is 0.416 e. The lowest BCUT2D eigenvalue weighted by Crippen LogP contribution is -2.41. The molecule has 2 N–H and O–H groups in total. The fourth-order valence-corrected chi connectivity index (χ4v) is 1.13. The van der Waals surface area contributed by atoms with Gasteiger partial charge in [0, 0.05) is 5.92 Å². The van der Waals surface area contributed by atoms with E-state index in [1.54, 1.807) is 0 Å². The number of halogens is 3. The number of rotatable bonds is 3. The number of nitrogens with one attached hydrogen (secondary N) is 1. The third-order valence-electron chi connectivity index (χ3n) is 2.29. The minimum Gasteiger partial charge on any atom is -0.382 e. The van der Waals surface area contributed by atoms with E-state index in [4.69, 9.17) is 5.11 Å². The molecular formula is C8H12F3NO2. The third-order valence-corrected chi connectivity index (χ3v) is 2.29. The van der Waals surface area contributed by atoms with Crippen molar-refractivity contribution in [3.63, 3.8) is 0 Å². The zero-order chi connectivity index (χ0) is 10.9. The van der Waals surface area contributed by atoms with E-state index >= 15 is 0 Å². The van der Waals surface area contributed by atoms with E-state index in [9.17, 15) is 18.0 Å². The van der Waals surface area contributed by atoms with Gasteiger partial charge in [-0.1, -0.05) is 6.92 Å². The highest BCUT2D eigenvalue weighted by molar-refractivity contribution is 5.81. The van der Waals surface area contributed by atoms with Crippen molar-refractivity contribution >= 4 is 5.91 Å². The molecule has 1 aliphatic carbocycles. The van der Waals surface area contributed by atoms with Crippen molar-refractivity contribution in [1.82, 2.24) is 5.32 Å². The summed E-state index contributed by atoms with van der Waals surface area (Å²) < 4.78 is 35.4. The molecule has 3 unspecified atom stereocenters. The van der Waals surface area contributed by atoms with Gasteiger partial charge in [-0.15, -0.1) is 0 Å². The second kappa shape index (κ2) is 3.76. The van der Waals surface area contributed by atoms with Crippen molar-refractivity contribution in [3.05, 3.63) is 0 Å². The van der Waals surface area contributed by atoms with Crippen LogP contribution in [0.25, 0.3) is 0 Å². The van der Waals surface area contributed by atoms with E-state index in [1.165, 1.54) is 0 Å². The van der Waals surface area contributed by atoms with Crippen LogP contribution in [0.4, 0.5) is 13.2 Å². The predicted molar refractivity (Wildman–Crippen MR) is 42.3 cm³/mol. The molecule has 3 nitrogen and oxygen atoms in total. The molecule has 0 aromatic carbocycles. The Kier molecular flexibility index (Phi) is 3.04. The van der Waals surface area contributed by atoms with Crippen LogP contribution in [0.5, 0.6) is 0 Å². The monoisotopic (exact) mass is 211 g/mol. The molecule has 0 heterocycles. The lowest BCUT2D eigenvalue weighted by molar-refractivity contribution is -0.201. The first kappa shape index (κ1) is 11.3. The highest BCUT2D eigenvalue weighted by atomic mass is 19.4. The van der Waals surface area contributed by atoms with E-state index in [-0.39, 0.29) is 11.8 Å². The van der Waals surface area contributed by atoms with Gasteiger partial charge in [0.25, 0.3) is 0 Å². The molecule has 82 valence electrons. The van der Waals surface area contributed by atoms with Crippen LogP contribution in [0, 0.1) is 11.8 Å². The Balaban J connectivity index is 2.23. The van der Waals surface area contributed by atoms with E-state index in [0.29, 0.717) is 6.42 Å². The summed E-state index contributed by atoms with van der Waals surface area (Å²) in [5.74, 6) is -0.325. The van der Waals surface area contributed by atoms with Crippen LogP contribution in [0.2, 0.25) is 0 Å². The average molecular weight is 211 g/mol. The first-order chi connectivity index (χ1) is 6.32. The molecule has 6 heteroatoms. The van der Waals surface area contributed by atoms with Gasteiger partial charge in [-0.2, -0.15) is 13.2 Å². The van der Waals surface area contributed by atoms with Gasteiger partial charge < -0.3 is 10.4 Å². The van der Waals surface area contributed by atoms with Crippen molar-refractivity contribution in [2.45, 2.75) is 25.6 Å². The van der Waals surface area contributed by atoms with Gasteiger partial charge >= 0.3 is 6.18 Å². The standard InChI is InChI=1S/C8H12F3NO2/c1-4-2-5(4)7(14)12-3-6(13)8(9,10)11/h4-6,13H,2-3H2,1H3,(H,12,14). The maximum Gasteiger partial charge on any atom is 0.416 e. The number of hydrogen-bond acceptors (Lipinski definition) is 2. The van der Waals surface area contributed by atoms with Gasteiger partial charge in [0.1, 0.15) is 0 Å². The van der Waals surface area contributed by atoms with Gasteiger partial charge in [0.05, 0.1) is 6.54 Å². The topological polar surface area (TPSA) is 49.3 Å². The first-order valence-corrected chi connectivity index (χ1v) is 4.35. The van der Waals surface area contributed by atoms with Gasteiger partial charge in [-0.25, -0.2) is 0 Å². The van der Waals surface area contributed by atoms with Crippen molar-refractivity contribution in [2.75, 3.05) is 6.54 Å². The van der Waals surface area contributed by atoms with Crippen LogP contribution >= 0.6 is 0 Å². The summed E-state index contributed by atoms with van der Waals surface area (Å²) in [5.41, 5.74) is 0. The lowest BCUT2D eigenvalue weighted by Gasteiger charge is -2.14. The van der Waals surface area contributed by atoms with Crippen LogP contribution in [-0.2, 0) is 4.79 Å². The zero-order valence-electron chi connectivity index (χ0n) is 7.64. The molecular weight excluding hydrogens is 199 g/mol. The summed E-state index contributed by atoms with van der Waals surface area (Å²) >= 11 is 0. The summed E-state index contributed by atoms with van der Waals surface area (Å²) in [5, 5.41) is 10.6. The number of aliphatic hydroxyl groups excluding tert-OH is 1. The predicted octanol–water partition coefficient (Wildman–Crippen LogP) is 0.682. The van der Waals surface area contributed by atoms with Crippen LogP contribution in [-0.4, -0.2) is 29.8 Å². The second-order valence-corrected chi connectivity index (χ2v) is 3.62. The van der Waals surface area contributed by atoms with Crippen molar-refractivity contribution < 1.29 is 23.1 Å². The minimum atomic E-state index is -4.66. The molecule has 1 amide bonds. The van der Waals surface area contributed by atoms with Crippen LogP contribution in [0.15, 0.2) is 0 Å². The molecule has 0 bridgehead atoms. The van der Waals surface area contributed by atoms with Crippen molar-refractivity contribution in [1.29, 1.82) is 0 Å². The number of carbonyl (C=O) groups is 1. The maximum atomic E-state index is 11.8. The van der Waals surface area contributed by atoms with Gasteiger partial charge in [-0.3, -0.25) is 4.79 Å². The lowest BCUT2D eigenvalue weighted by atomic mass is 10.3. The molecule has 0 aromatic rings. The average Bonchev–Trinajstić information content (AvgIpc) is 2.76. The van der Waals surface area contributed by atoms with E-state index in [1.807, 2.05) is 6.92 Å². The molecule has 0 radical (unpaired) electrons. The molecule has 14 heavy (non-hydrogen) atoms. The molecule has 1 aliphatic rings. The maximum absolute atomic E-state index is 11.8. The Labute approximate surface area is 79.3 Å². The Hall–Kier alpha value is -0.780. The van der Waals surface area contributed by atoms with E-state index in [0.717, 1.165) is 0 Å². The molecule has 0 saturated heterocycles. The molecule has 1 saturated carbocycles. The third kappa shape index (κ3) is 2.87. The summed E-state index contributed by atoms with van der Waals surface area (Å²) in [6.45, 7) is 1.09. The smallest absolute Gasteiger partial charge is 0.382 e. The quantitative estimate of drug-likeness (QED) is 0.721. The molecule has 0 aliphatic heterocycles. The Bertz CT molecular complexity index is 229.